The molecule has 0 aromatic rings. The Labute approximate surface area is 71.9 Å². The van der Waals surface area contributed by atoms with Crippen molar-refractivity contribution < 1.29 is 9.53 Å². The second kappa shape index (κ2) is 3.31. The normalized spacial score (nSPS) is 23.8. The van der Waals surface area contributed by atoms with E-state index in [0.717, 1.165) is 25.9 Å². The quantitative estimate of drug-likeness (QED) is 0.610. The van der Waals surface area contributed by atoms with Gasteiger partial charge in [-0.1, -0.05) is 0 Å². The number of hydrogen-bond donors (Lipinski definition) is 1. The Bertz CT molecular complexity index is 174. The van der Waals surface area contributed by atoms with E-state index in [1.54, 1.807) is 0 Å². The molecule has 0 bridgehead atoms. The second-order valence-electron chi connectivity index (χ2n) is 3.32. The van der Waals surface area contributed by atoms with E-state index in [1.165, 1.54) is 0 Å². The van der Waals surface area contributed by atoms with Crippen LogP contribution in [0.4, 0.5) is 4.79 Å². The number of carbonyl (C=O) groups excluding carboxylic acids is 1. The van der Waals surface area contributed by atoms with Gasteiger partial charge in [-0.25, -0.2) is 4.79 Å². The highest BCUT2D eigenvalue weighted by atomic mass is 16.5. The lowest BCUT2D eigenvalue weighted by Crippen LogP contribution is -2.46. The molecule has 2 amide bonds. The van der Waals surface area contributed by atoms with Crippen LogP contribution in [0.2, 0.25) is 0 Å². The Morgan fingerprint density at radius 3 is 2.58 bits per heavy atom. The molecule has 0 atom stereocenters. The zero-order chi connectivity index (χ0) is 8.39. The lowest BCUT2D eigenvalue weighted by atomic mass is 10.4. The molecule has 4 nitrogen and oxygen atoms in total. The third kappa shape index (κ3) is 1.88. The molecule has 1 heterocycles. The van der Waals surface area contributed by atoms with Crippen LogP contribution >= 0.6 is 0 Å². The minimum Gasteiger partial charge on any atom is -0.378 e. The van der Waals surface area contributed by atoms with Crippen molar-refractivity contribution in [3.63, 3.8) is 0 Å². The highest BCUT2D eigenvalue weighted by Crippen LogP contribution is 2.18. The van der Waals surface area contributed by atoms with Crippen molar-refractivity contribution >= 4 is 6.03 Å². The van der Waals surface area contributed by atoms with Gasteiger partial charge in [-0.05, 0) is 12.8 Å². The van der Waals surface area contributed by atoms with Crippen molar-refractivity contribution in [1.82, 2.24) is 10.2 Å². The molecule has 2 fully saturated rings. The zero-order valence-electron chi connectivity index (χ0n) is 7.08. The SMILES string of the molecule is O=C(NC1CC1)N1CCOCC1. The molecule has 0 aromatic heterocycles. The molecule has 0 unspecified atom stereocenters. The summed E-state index contributed by atoms with van der Waals surface area (Å²) in [5.74, 6) is 0. The van der Waals surface area contributed by atoms with E-state index in [2.05, 4.69) is 5.32 Å². The maximum atomic E-state index is 11.4. The topological polar surface area (TPSA) is 41.6 Å². The summed E-state index contributed by atoms with van der Waals surface area (Å²) >= 11 is 0. The molecule has 68 valence electrons. The van der Waals surface area contributed by atoms with Gasteiger partial charge in [-0.2, -0.15) is 0 Å². The van der Waals surface area contributed by atoms with Crippen molar-refractivity contribution in [2.24, 2.45) is 0 Å². The van der Waals surface area contributed by atoms with Gasteiger partial charge < -0.3 is 15.0 Å². The van der Waals surface area contributed by atoms with Crippen LogP contribution in [0.5, 0.6) is 0 Å². The number of urea groups is 1. The fraction of sp³-hybridized carbons (Fsp3) is 0.875. The Hall–Kier alpha value is -0.770. The summed E-state index contributed by atoms with van der Waals surface area (Å²) in [4.78, 5) is 13.2. The molecule has 1 N–H and O–H groups in total. The van der Waals surface area contributed by atoms with Crippen LogP contribution in [0.1, 0.15) is 12.8 Å². The van der Waals surface area contributed by atoms with Crippen molar-refractivity contribution in [3.05, 3.63) is 0 Å². The summed E-state index contributed by atoms with van der Waals surface area (Å²) in [7, 11) is 0. The molecule has 1 saturated heterocycles. The number of hydrogen-bond acceptors (Lipinski definition) is 2. The number of nitrogens with zero attached hydrogens (tertiary/aromatic N) is 1. The van der Waals surface area contributed by atoms with Crippen LogP contribution in [0.25, 0.3) is 0 Å². The summed E-state index contributed by atoms with van der Waals surface area (Å²) in [5.41, 5.74) is 0. The summed E-state index contributed by atoms with van der Waals surface area (Å²) < 4.78 is 5.15. The standard InChI is InChI=1S/C8H14N2O2/c11-8(9-7-1-2-7)10-3-5-12-6-4-10/h7H,1-6H2,(H,9,11). The first-order chi connectivity index (χ1) is 5.86. The number of carbonyl (C=O) groups is 1. The molecule has 0 aromatic carbocycles. The average Bonchev–Trinajstić information content (AvgIpc) is 2.90. The Morgan fingerprint density at radius 1 is 1.33 bits per heavy atom. The van der Waals surface area contributed by atoms with Crippen molar-refractivity contribution in [2.45, 2.75) is 18.9 Å². The molecule has 1 saturated carbocycles. The second-order valence-corrected chi connectivity index (χ2v) is 3.32. The van der Waals surface area contributed by atoms with Crippen LogP contribution in [0.15, 0.2) is 0 Å². The van der Waals surface area contributed by atoms with Crippen LogP contribution in [0, 0.1) is 0 Å². The summed E-state index contributed by atoms with van der Waals surface area (Å²) in [5, 5.41) is 2.96. The number of amides is 2. The number of morpholine rings is 1. The molecule has 4 heteroatoms. The van der Waals surface area contributed by atoms with E-state index in [4.69, 9.17) is 4.74 Å². The summed E-state index contributed by atoms with van der Waals surface area (Å²) in [6, 6.07) is 0.543. The third-order valence-corrected chi connectivity index (χ3v) is 2.20. The fourth-order valence-corrected chi connectivity index (χ4v) is 1.26. The van der Waals surface area contributed by atoms with Gasteiger partial charge in [0.1, 0.15) is 0 Å². The first kappa shape index (κ1) is 7.86. The fourth-order valence-electron chi connectivity index (χ4n) is 1.26. The minimum atomic E-state index is 0.0841. The van der Waals surface area contributed by atoms with E-state index >= 15 is 0 Å². The molecule has 1 aliphatic heterocycles. The van der Waals surface area contributed by atoms with Gasteiger partial charge in [-0.15, -0.1) is 0 Å². The maximum Gasteiger partial charge on any atom is 0.317 e. The van der Waals surface area contributed by atoms with Gasteiger partial charge in [0.25, 0.3) is 0 Å². The smallest absolute Gasteiger partial charge is 0.317 e. The Kier molecular flexibility index (Phi) is 2.17. The number of nitrogens with one attached hydrogen (secondary N) is 1. The predicted molar refractivity (Wildman–Crippen MR) is 43.9 cm³/mol. The lowest BCUT2D eigenvalue weighted by molar-refractivity contribution is 0.0531. The van der Waals surface area contributed by atoms with Crippen LogP contribution in [-0.4, -0.2) is 43.3 Å². The number of rotatable bonds is 1. The van der Waals surface area contributed by atoms with Crippen molar-refractivity contribution in [3.8, 4) is 0 Å². The molecule has 0 spiro atoms. The predicted octanol–water partition coefficient (Wildman–Crippen LogP) is 0.191. The third-order valence-electron chi connectivity index (χ3n) is 2.20. The van der Waals surface area contributed by atoms with E-state index < -0.39 is 0 Å². The molecule has 2 aliphatic rings. The molecule has 0 radical (unpaired) electrons. The van der Waals surface area contributed by atoms with Gasteiger partial charge in [0.15, 0.2) is 0 Å². The van der Waals surface area contributed by atoms with Gasteiger partial charge in [-0.3, -0.25) is 0 Å². The molecular weight excluding hydrogens is 156 g/mol. The summed E-state index contributed by atoms with van der Waals surface area (Å²) in [6.45, 7) is 2.83. The Balaban J connectivity index is 1.76. The van der Waals surface area contributed by atoms with Gasteiger partial charge in [0.2, 0.25) is 0 Å². The molecule has 12 heavy (non-hydrogen) atoms. The molecule has 2 rings (SSSR count). The van der Waals surface area contributed by atoms with E-state index in [1.807, 2.05) is 4.90 Å². The summed E-state index contributed by atoms with van der Waals surface area (Å²) in [6.07, 6.45) is 2.30. The van der Waals surface area contributed by atoms with Gasteiger partial charge in [0, 0.05) is 19.1 Å². The van der Waals surface area contributed by atoms with E-state index in [0.29, 0.717) is 19.3 Å². The van der Waals surface area contributed by atoms with Crippen molar-refractivity contribution in [1.29, 1.82) is 0 Å². The highest BCUT2D eigenvalue weighted by molar-refractivity contribution is 5.74. The minimum absolute atomic E-state index is 0.0841. The van der Waals surface area contributed by atoms with Crippen LogP contribution in [-0.2, 0) is 4.74 Å². The van der Waals surface area contributed by atoms with Crippen LogP contribution < -0.4 is 5.32 Å². The number of ether oxygens (including phenoxy) is 1. The average molecular weight is 170 g/mol. The highest BCUT2D eigenvalue weighted by Gasteiger charge is 2.26. The first-order valence-electron chi connectivity index (χ1n) is 4.49. The Morgan fingerprint density at radius 2 is 2.00 bits per heavy atom. The largest absolute Gasteiger partial charge is 0.378 e. The monoisotopic (exact) mass is 170 g/mol. The molecular formula is C8H14N2O2. The van der Waals surface area contributed by atoms with Crippen LogP contribution in [0.3, 0.4) is 0 Å². The first-order valence-corrected chi connectivity index (χ1v) is 4.49. The van der Waals surface area contributed by atoms with E-state index in [9.17, 15) is 4.79 Å². The zero-order valence-corrected chi connectivity index (χ0v) is 7.08. The van der Waals surface area contributed by atoms with Gasteiger partial charge in [0.05, 0.1) is 13.2 Å². The maximum absolute atomic E-state index is 11.4. The van der Waals surface area contributed by atoms with E-state index in [-0.39, 0.29) is 6.03 Å². The van der Waals surface area contributed by atoms with Gasteiger partial charge >= 0.3 is 6.03 Å². The lowest BCUT2D eigenvalue weighted by Gasteiger charge is -2.26. The van der Waals surface area contributed by atoms with Crippen molar-refractivity contribution in [2.75, 3.05) is 26.3 Å². The molecule has 1 aliphatic carbocycles.